The van der Waals surface area contributed by atoms with Gasteiger partial charge in [-0.15, -0.1) is 0 Å². The molecule has 0 bridgehead atoms. The normalized spacial score (nSPS) is 27.6. The van der Waals surface area contributed by atoms with E-state index in [1.165, 1.54) is 6.42 Å². The van der Waals surface area contributed by atoms with Gasteiger partial charge in [-0.25, -0.2) is 0 Å². The largest absolute Gasteiger partial charge is 0.394 e. The van der Waals surface area contributed by atoms with Crippen LogP contribution in [0, 0.1) is 0 Å². The third-order valence-corrected chi connectivity index (χ3v) is 3.22. The molecule has 1 aliphatic heterocycles. The lowest BCUT2D eigenvalue weighted by Gasteiger charge is -2.52. The van der Waals surface area contributed by atoms with E-state index >= 15 is 0 Å². The van der Waals surface area contributed by atoms with E-state index in [4.69, 9.17) is 9.94 Å². The fourth-order valence-corrected chi connectivity index (χ4v) is 2.47. The van der Waals surface area contributed by atoms with Gasteiger partial charge in [-0.05, 0) is 53.9 Å². The molecule has 0 aromatic carbocycles. The molecule has 0 spiro atoms. The molecular weight excluding hydrogens is 190 g/mol. The Kier molecular flexibility index (Phi) is 3.80. The number of hydrogen-bond acceptors (Lipinski definition) is 3. The van der Waals surface area contributed by atoms with Crippen LogP contribution in [0.1, 0.15) is 53.9 Å². The van der Waals surface area contributed by atoms with E-state index in [0.717, 1.165) is 12.8 Å². The SMILES string of the molecule is C[C@H](CO)ON1C(C)(C)CCCC1(C)C. The molecular formula is C12H25NO2. The Morgan fingerprint density at radius 1 is 1.20 bits per heavy atom. The maximum absolute atomic E-state index is 9.05. The van der Waals surface area contributed by atoms with Gasteiger partial charge in [0.05, 0.1) is 12.7 Å². The highest BCUT2D eigenvalue weighted by Gasteiger charge is 2.43. The summed E-state index contributed by atoms with van der Waals surface area (Å²) >= 11 is 0. The van der Waals surface area contributed by atoms with Gasteiger partial charge in [0.1, 0.15) is 0 Å². The Morgan fingerprint density at radius 3 is 2.07 bits per heavy atom. The van der Waals surface area contributed by atoms with E-state index in [9.17, 15) is 0 Å². The summed E-state index contributed by atoms with van der Waals surface area (Å²) in [7, 11) is 0. The lowest BCUT2D eigenvalue weighted by atomic mass is 9.82. The molecule has 3 nitrogen and oxygen atoms in total. The van der Waals surface area contributed by atoms with Crippen LogP contribution in [-0.2, 0) is 4.84 Å². The zero-order valence-electron chi connectivity index (χ0n) is 10.7. The van der Waals surface area contributed by atoms with Gasteiger partial charge in [0.2, 0.25) is 0 Å². The van der Waals surface area contributed by atoms with Crippen molar-refractivity contribution in [1.29, 1.82) is 0 Å². The van der Waals surface area contributed by atoms with Crippen molar-refractivity contribution in [3.63, 3.8) is 0 Å². The quantitative estimate of drug-likeness (QED) is 0.784. The zero-order chi connectivity index (χ0) is 11.7. The highest BCUT2D eigenvalue weighted by Crippen LogP contribution is 2.38. The molecule has 1 N–H and O–H groups in total. The summed E-state index contributed by atoms with van der Waals surface area (Å²) in [6.45, 7) is 10.8. The minimum Gasteiger partial charge on any atom is -0.394 e. The van der Waals surface area contributed by atoms with Crippen LogP contribution in [0.4, 0.5) is 0 Å². The van der Waals surface area contributed by atoms with Crippen molar-refractivity contribution in [3.8, 4) is 0 Å². The Hall–Kier alpha value is -0.120. The molecule has 1 atom stereocenters. The average molecular weight is 215 g/mol. The number of rotatable bonds is 3. The zero-order valence-corrected chi connectivity index (χ0v) is 10.7. The summed E-state index contributed by atoms with van der Waals surface area (Å²) in [4.78, 5) is 5.85. The average Bonchev–Trinajstić information content (AvgIpc) is 2.10. The molecule has 0 aromatic rings. The fourth-order valence-electron chi connectivity index (χ4n) is 2.47. The second-order valence-electron chi connectivity index (χ2n) is 5.87. The highest BCUT2D eigenvalue weighted by molar-refractivity contribution is 4.92. The summed E-state index contributed by atoms with van der Waals surface area (Å²) in [5, 5.41) is 11.1. The summed E-state index contributed by atoms with van der Waals surface area (Å²) in [5.41, 5.74) is 0.121. The Bertz CT molecular complexity index is 198. The van der Waals surface area contributed by atoms with E-state index < -0.39 is 0 Å². The van der Waals surface area contributed by atoms with Crippen LogP contribution in [0.15, 0.2) is 0 Å². The van der Waals surface area contributed by atoms with Crippen LogP contribution in [0.2, 0.25) is 0 Å². The molecule has 90 valence electrons. The third-order valence-electron chi connectivity index (χ3n) is 3.22. The van der Waals surface area contributed by atoms with E-state index in [-0.39, 0.29) is 23.8 Å². The van der Waals surface area contributed by atoms with Crippen LogP contribution in [0.3, 0.4) is 0 Å². The summed E-state index contributed by atoms with van der Waals surface area (Å²) < 4.78 is 0. The van der Waals surface area contributed by atoms with Crippen molar-refractivity contribution in [1.82, 2.24) is 5.06 Å². The van der Waals surface area contributed by atoms with Crippen molar-refractivity contribution in [2.75, 3.05) is 6.61 Å². The molecule has 0 aromatic heterocycles. The molecule has 3 heteroatoms. The second-order valence-corrected chi connectivity index (χ2v) is 5.87. The first-order valence-corrected chi connectivity index (χ1v) is 5.87. The molecule has 15 heavy (non-hydrogen) atoms. The first-order chi connectivity index (χ1) is 6.79. The summed E-state index contributed by atoms with van der Waals surface area (Å²) in [6.07, 6.45) is 3.41. The number of piperidine rings is 1. The molecule has 0 amide bonds. The molecule has 1 aliphatic rings. The maximum atomic E-state index is 9.05. The summed E-state index contributed by atoms with van der Waals surface area (Å²) in [6, 6.07) is 0. The van der Waals surface area contributed by atoms with Crippen LogP contribution >= 0.6 is 0 Å². The minimum atomic E-state index is -0.123. The monoisotopic (exact) mass is 215 g/mol. The number of hydroxylamine groups is 2. The Labute approximate surface area is 93.4 Å². The third kappa shape index (κ3) is 2.92. The molecule has 0 saturated carbocycles. The van der Waals surface area contributed by atoms with Crippen molar-refractivity contribution in [3.05, 3.63) is 0 Å². The summed E-state index contributed by atoms with van der Waals surface area (Å²) in [5.74, 6) is 0. The second kappa shape index (κ2) is 4.40. The van der Waals surface area contributed by atoms with Gasteiger partial charge < -0.3 is 5.11 Å². The van der Waals surface area contributed by atoms with Crippen molar-refractivity contribution >= 4 is 0 Å². The Morgan fingerprint density at radius 2 is 1.67 bits per heavy atom. The van der Waals surface area contributed by atoms with Gasteiger partial charge in [-0.1, -0.05) is 0 Å². The highest BCUT2D eigenvalue weighted by atomic mass is 16.7. The molecule has 1 fully saturated rings. The number of hydrogen-bond donors (Lipinski definition) is 1. The van der Waals surface area contributed by atoms with Crippen molar-refractivity contribution < 1.29 is 9.94 Å². The maximum Gasteiger partial charge on any atom is 0.0995 e. The predicted molar refractivity (Wildman–Crippen MR) is 61.5 cm³/mol. The lowest BCUT2D eigenvalue weighted by molar-refractivity contribution is -0.305. The van der Waals surface area contributed by atoms with E-state index in [0.29, 0.717) is 0 Å². The molecule has 1 saturated heterocycles. The van der Waals surface area contributed by atoms with Crippen LogP contribution in [0.25, 0.3) is 0 Å². The topological polar surface area (TPSA) is 32.7 Å². The Balaban J connectivity index is 2.77. The van der Waals surface area contributed by atoms with Gasteiger partial charge in [0, 0.05) is 11.1 Å². The number of aliphatic hydroxyl groups is 1. The van der Waals surface area contributed by atoms with Crippen molar-refractivity contribution in [2.45, 2.75) is 71.1 Å². The van der Waals surface area contributed by atoms with E-state index in [2.05, 4.69) is 32.8 Å². The van der Waals surface area contributed by atoms with Gasteiger partial charge in [-0.2, -0.15) is 5.06 Å². The van der Waals surface area contributed by atoms with Crippen LogP contribution in [0.5, 0.6) is 0 Å². The standard InChI is InChI=1S/C12H25NO2/c1-10(9-14)15-13-11(2,3)7-6-8-12(13,4)5/h10,14H,6-9H2,1-5H3/t10-/m1/s1. The van der Waals surface area contributed by atoms with Crippen LogP contribution < -0.4 is 0 Å². The number of aliphatic hydroxyl groups excluding tert-OH is 1. The minimum absolute atomic E-state index is 0.0607. The molecule has 1 heterocycles. The fraction of sp³-hybridized carbons (Fsp3) is 1.00. The van der Waals surface area contributed by atoms with Gasteiger partial charge >= 0.3 is 0 Å². The van der Waals surface area contributed by atoms with Gasteiger partial charge in [0.25, 0.3) is 0 Å². The smallest absolute Gasteiger partial charge is 0.0995 e. The number of nitrogens with zero attached hydrogens (tertiary/aromatic N) is 1. The first-order valence-electron chi connectivity index (χ1n) is 5.87. The van der Waals surface area contributed by atoms with Gasteiger partial charge in [0.15, 0.2) is 0 Å². The molecule has 0 unspecified atom stereocenters. The lowest BCUT2D eigenvalue weighted by Crippen LogP contribution is -2.59. The molecule has 0 radical (unpaired) electrons. The first kappa shape index (κ1) is 12.9. The molecule has 1 rings (SSSR count). The molecule has 0 aliphatic carbocycles. The van der Waals surface area contributed by atoms with Crippen molar-refractivity contribution in [2.24, 2.45) is 0 Å². The van der Waals surface area contributed by atoms with E-state index in [1.54, 1.807) is 0 Å². The predicted octanol–water partition coefficient (Wildman–Crippen LogP) is 2.34. The van der Waals surface area contributed by atoms with Crippen LogP contribution in [-0.4, -0.2) is 34.0 Å². The van der Waals surface area contributed by atoms with Gasteiger partial charge in [-0.3, -0.25) is 4.84 Å². The van der Waals surface area contributed by atoms with E-state index in [1.807, 2.05) is 6.92 Å².